The van der Waals surface area contributed by atoms with Crippen molar-refractivity contribution in [1.82, 2.24) is 19.8 Å². The van der Waals surface area contributed by atoms with Gasteiger partial charge in [0, 0.05) is 12.7 Å². The highest BCUT2D eigenvalue weighted by molar-refractivity contribution is 5.93. The van der Waals surface area contributed by atoms with E-state index in [-0.39, 0.29) is 23.7 Å². The minimum Gasteiger partial charge on any atom is -0.349 e. The van der Waals surface area contributed by atoms with Gasteiger partial charge in [0.25, 0.3) is 5.82 Å². The van der Waals surface area contributed by atoms with Crippen LogP contribution in [0.25, 0.3) is 5.65 Å². The summed E-state index contributed by atoms with van der Waals surface area (Å²) in [6.07, 6.45) is -4.71. The van der Waals surface area contributed by atoms with E-state index in [2.05, 4.69) is 20.6 Å². The smallest absolute Gasteiger partial charge is 0.349 e. The van der Waals surface area contributed by atoms with Crippen molar-refractivity contribution in [2.24, 2.45) is 0 Å². The van der Waals surface area contributed by atoms with E-state index in [0.717, 1.165) is 6.07 Å². The van der Waals surface area contributed by atoms with Crippen molar-refractivity contribution in [2.45, 2.75) is 6.18 Å². The van der Waals surface area contributed by atoms with Crippen LogP contribution in [0.3, 0.4) is 0 Å². The van der Waals surface area contributed by atoms with E-state index in [1.54, 1.807) is 0 Å². The van der Waals surface area contributed by atoms with E-state index >= 15 is 0 Å². The van der Waals surface area contributed by atoms with Crippen LogP contribution in [0.4, 0.5) is 29.1 Å². The number of halogens is 4. The number of amides is 1. The molecule has 0 spiro atoms. The maximum Gasteiger partial charge on any atom is 0.453 e. The minimum absolute atomic E-state index is 0.0707. The molecule has 136 valence electrons. The highest BCUT2D eigenvalue weighted by atomic mass is 19.4. The normalized spacial score (nSPS) is 11.6. The van der Waals surface area contributed by atoms with Crippen LogP contribution in [0.15, 0.2) is 36.4 Å². The first-order chi connectivity index (χ1) is 12.2. The summed E-state index contributed by atoms with van der Waals surface area (Å²) in [5, 5.41) is 12.8. The third kappa shape index (κ3) is 3.71. The highest BCUT2D eigenvalue weighted by Gasteiger charge is 2.37. The molecule has 1 amide bonds. The van der Waals surface area contributed by atoms with Gasteiger partial charge in [-0.05, 0) is 30.3 Å². The topological polar surface area (TPSA) is 75.4 Å². The van der Waals surface area contributed by atoms with E-state index < -0.39 is 23.7 Å². The summed E-state index contributed by atoms with van der Waals surface area (Å²) in [4.78, 5) is 13.4. The molecule has 3 rings (SSSR count). The first-order valence-corrected chi connectivity index (χ1v) is 7.30. The maximum atomic E-state index is 13.1. The Hall–Kier alpha value is -3.24. The molecule has 0 unspecified atom stereocenters. The molecule has 2 aromatic heterocycles. The fourth-order valence-corrected chi connectivity index (χ4v) is 2.22. The quantitative estimate of drug-likeness (QED) is 0.716. The number of hydrogen-bond donors (Lipinski definition) is 1. The lowest BCUT2D eigenvalue weighted by Crippen LogP contribution is -2.31. The molecule has 0 radical (unpaired) electrons. The van der Waals surface area contributed by atoms with E-state index in [4.69, 9.17) is 0 Å². The molecule has 0 bridgehead atoms. The number of hydrogen-bond acceptors (Lipinski definition) is 5. The summed E-state index contributed by atoms with van der Waals surface area (Å²) in [6, 6.07) is 8.06. The summed E-state index contributed by atoms with van der Waals surface area (Å²) in [5.74, 6) is -2.14. The summed E-state index contributed by atoms with van der Waals surface area (Å²) >= 11 is 0. The van der Waals surface area contributed by atoms with Gasteiger partial charge >= 0.3 is 6.18 Å². The Labute approximate surface area is 144 Å². The molecule has 0 atom stereocenters. The van der Waals surface area contributed by atoms with Crippen LogP contribution in [0.2, 0.25) is 0 Å². The molecule has 0 aliphatic carbocycles. The Bertz CT molecular complexity index is 955. The van der Waals surface area contributed by atoms with Crippen molar-refractivity contribution in [3.05, 3.63) is 48.0 Å². The summed E-state index contributed by atoms with van der Waals surface area (Å²) in [6.45, 7) is -0.210. The van der Waals surface area contributed by atoms with Crippen LogP contribution in [-0.4, -0.2) is 39.3 Å². The van der Waals surface area contributed by atoms with Crippen molar-refractivity contribution >= 4 is 23.1 Å². The van der Waals surface area contributed by atoms with Gasteiger partial charge in [-0.25, -0.2) is 4.39 Å². The molecule has 11 heteroatoms. The minimum atomic E-state index is -4.71. The molecule has 1 aromatic carbocycles. The van der Waals surface area contributed by atoms with Crippen LogP contribution in [0.1, 0.15) is 5.82 Å². The van der Waals surface area contributed by atoms with Gasteiger partial charge in [-0.1, -0.05) is 6.07 Å². The average molecular weight is 368 g/mol. The van der Waals surface area contributed by atoms with Crippen molar-refractivity contribution in [2.75, 3.05) is 23.8 Å². The van der Waals surface area contributed by atoms with Crippen LogP contribution in [0, 0.1) is 5.82 Å². The summed E-state index contributed by atoms with van der Waals surface area (Å²) in [7, 11) is 1.48. The van der Waals surface area contributed by atoms with E-state index in [0.29, 0.717) is 4.52 Å². The fraction of sp³-hybridized carbons (Fsp3) is 0.200. The van der Waals surface area contributed by atoms with Crippen molar-refractivity contribution < 1.29 is 22.4 Å². The Kier molecular flexibility index (Phi) is 4.45. The molecule has 0 aliphatic heterocycles. The molecule has 26 heavy (non-hydrogen) atoms. The van der Waals surface area contributed by atoms with Gasteiger partial charge in [-0.15, -0.1) is 15.3 Å². The van der Waals surface area contributed by atoms with E-state index in [1.807, 2.05) is 0 Å². The zero-order valence-electron chi connectivity index (χ0n) is 13.3. The van der Waals surface area contributed by atoms with E-state index in [1.165, 1.54) is 42.3 Å². The molecule has 3 aromatic rings. The highest BCUT2D eigenvalue weighted by Crippen LogP contribution is 2.27. The maximum absolute atomic E-state index is 13.1. The van der Waals surface area contributed by atoms with Crippen molar-refractivity contribution in [3.8, 4) is 0 Å². The lowest BCUT2D eigenvalue weighted by Gasteiger charge is -2.17. The van der Waals surface area contributed by atoms with Gasteiger partial charge in [-0.2, -0.15) is 17.7 Å². The fourth-order valence-electron chi connectivity index (χ4n) is 2.22. The molecule has 1 N–H and O–H groups in total. The van der Waals surface area contributed by atoms with Gasteiger partial charge in [0.2, 0.25) is 5.91 Å². The van der Waals surface area contributed by atoms with Gasteiger partial charge in [0.15, 0.2) is 5.65 Å². The van der Waals surface area contributed by atoms with E-state index in [9.17, 15) is 22.4 Å². The number of alkyl halides is 3. The molecule has 7 nitrogen and oxygen atoms in total. The number of carbonyl (C=O) groups is 1. The van der Waals surface area contributed by atoms with Gasteiger partial charge in [-0.3, -0.25) is 4.79 Å². The Balaban J connectivity index is 1.77. The molecular weight excluding hydrogens is 356 g/mol. The Morgan fingerprint density at radius 2 is 2.00 bits per heavy atom. The number of rotatable bonds is 4. The molecule has 0 aliphatic rings. The third-order valence-corrected chi connectivity index (χ3v) is 3.38. The zero-order valence-corrected chi connectivity index (χ0v) is 13.3. The third-order valence-electron chi connectivity index (χ3n) is 3.38. The second kappa shape index (κ2) is 6.58. The molecule has 0 saturated carbocycles. The van der Waals surface area contributed by atoms with Gasteiger partial charge in [0.05, 0.1) is 6.54 Å². The number of fused-ring (bicyclic) bond motifs is 1. The monoisotopic (exact) mass is 368 g/mol. The Morgan fingerprint density at radius 3 is 2.69 bits per heavy atom. The lowest BCUT2D eigenvalue weighted by molar-refractivity contribution is -0.146. The average Bonchev–Trinajstić information content (AvgIpc) is 2.97. The number of aromatic nitrogens is 4. The number of nitrogens with one attached hydrogen (secondary N) is 1. The van der Waals surface area contributed by atoms with Crippen molar-refractivity contribution in [3.63, 3.8) is 0 Å². The molecule has 0 saturated heterocycles. The number of carbonyl (C=O) groups excluding carboxylic acids is 1. The van der Waals surface area contributed by atoms with Gasteiger partial charge < -0.3 is 10.2 Å². The zero-order chi connectivity index (χ0) is 18.9. The Morgan fingerprint density at radius 1 is 1.23 bits per heavy atom. The van der Waals surface area contributed by atoms with Crippen LogP contribution in [-0.2, 0) is 11.0 Å². The van der Waals surface area contributed by atoms with Crippen LogP contribution >= 0.6 is 0 Å². The predicted octanol–water partition coefficient (Wildman–Crippen LogP) is 2.36. The van der Waals surface area contributed by atoms with Crippen molar-refractivity contribution in [1.29, 1.82) is 0 Å². The van der Waals surface area contributed by atoms with Crippen LogP contribution < -0.4 is 10.2 Å². The number of benzene rings is 1. The predicted molar refractivity (Wildman–Crippen MR) is 84.1 cm³/mol. The summed E-state index contributed by atoms with van der Waals surface area (Å²) < 4.78 is 52.4. The largest absolute Gasteiger partial charge is 0.453 e. The first kappa shape index (κ1) is 17.6. The first-order valence-electron chi connectivity index (χ1n) is 7.30. The molecule has 0 fully saturated rings. The number of likely N-dealkylation sites (N-methyl/N-ethyl adjacent to an activating group) is 1. The molecular formula is C15H12F4N6O. The number of nitrogens with zero attached hydrogens (tertiary/aromatic N) is 5. The second-order valence-electron chi connectivity index (χ2n) is 5.40. The SMILES string of the molecule is CN(CC(=O)Nc1cccc(F)c1)c1ccc2nnc(C(F)(F)F)n2n1. The standard InChI is InChI=1S/C15H12F4N6O/c1-24(8-13(26)20-10-4-2-3-9(16)7-10)12-6-5-11-21-22-14(15(17,18)19)25(11)23-12/h2-7H,8H2,1H3,(H,20,26). The van der Waals surface area contributed by atoms with Crippen LogP contribution in [0.5, 0.6) is 0 Å². The lowest BCUT2D eigenvalue weighted by atomic mass is 10.3. The van der Waals surface area contributed by atoms with Gasteiger partial charge in [0.1, 0.15) is 11.6 Å². The second-order valence-corrected chi connectivity index (χ2v) is 5.40. The molecule has 2 heterocycles. The number of anilines is 2. The summed E-state index contributed by atoms with van der Waals surface area (Å²) in [5.41, 5.74) is 0.198.